The molecule has 788 valence electrons. The van der Waals surface area contributed by atoms with Crippen molar-refractivity contribution >= 4 is 106 Å². The molecule has 1 aliphatic carbocycles. The van der Waals surface area contributed by atoms with Crippen LogP contribution in [0.1, 0.15) is 163 Å². The molecule has 37 N–H and O–H groups in total. The number of amides is 13. The maximum atomic E-state index is 14.9. The minimum atomic E-state index is -1.94. The van der Waals surface area contributed by atoms with Crippen molar-refractivity contribution in [3.05, 3.63) is 54.1 Å². The molecule has 5 heterocycles. The van der Waals surface area contributed by atoms with Crippen LogP contribution in [0.4, 0.5) is 0 Å². The first kappa shape index (κ1) is 118. The molecule has 4 aliphatic heterocycles. The van der Waals surface area contributed by atoms with E-state index in [9.17, 15) is 123 Å². The molecule has 0 bridgehead atoms. The fourth-order valence-electron chi connectivity index (χ4n) is 15.9. The van der Waals surface area contributed by atoms with Gasteiger partial charge in [-0.1, -0.05) is 105 Å². The number of aliphatic carboxylic acids is 2. The summed E-state index contributed by atoms with van der Waals surface area (Å²) in [6.07, 6.45) is -19.5. The molecule has 1 aromatic carbocycles. The number of aromatic amines is 1. The molecule has 52 heteroatoms. The maximum Gasteiger partial charge on any atom is 0.305 e. The number of primary amides is 1. The fourth-order valence-corrected chi connectivity index (χ4v) is 17.1. The van der Waals surface area contributed by atoms with E-state index in [1.807, 2.05) is 27.7 Å². The van der Waals surface area contributed by atoms with Gasteiger partial charge in [-0.3, -0.25) is 76.9 Å². The number of thioether (sulfide) groups is 1. The van der Waals surface area contributed by atoms with Gasteiger partial charge in [-0.25, -0.2) is 4.98 Å². The summed E-state index contributed by atoms with van der Waals surface area (Å²) in [7, 11) is 0. The molecule has 0 radical (unpaired) electrons. The number of aliphatic hydroxyl groups is 8. The number of benzene rings is 1. The van der Waals surface area contributed by atoms with Gasteiger partial charge in [-0.2, -0.15) is 0 Å². The van der Waals surface area contributed by atoms with E-state index in [1.165, 1.54) is 24.3 Å². The lowest BCUT2D eigenvalue weighted by Gasteiger charge is -2.49. The van der Waals surface area contributed by atoms with Crippen molar-refractivity contribution in [2.75, 3.05) is 38.5 Å². The zero-order valence-corrected chi connectivity index (χ0v) is 80.7. The fraction of sp³-hybridized carbons (Fsp3) is 0.716. The van der Waals surface area contributed by atoms with E-state index >= 15 is 0 Å². The van der Waals surface area contributed by atoms with Crippen LogP contribution in [0, 0.1) is 23.7 Å². The predicted molar refractivity (Wildman–Crippen MR) is 501 cm³/mol. The van der Waals surface area contributed by atoms with Crippen LogP contribution in [0.2, 0.25) is 0 Å². The number of nitrogens with zero attached hydrogens (tertiary/aromatic N) is 2. The number of aromatic nitrogens is 2. The summed E-state index contributed by atoms with van der Waals surface area (Å²) >= 11 is 1.35. The molecule has 4 fully saturated rings. The number of aliphatic hydroxyl groups excluding tert-OH is 8. The number of carbonyl (C=O) groups is 15. The number of hydrogen-bond acceptors (Lipinski definition) is 36. The minimum Gasteiger partial charge on any atom is -0.481 e. The molecule has 3 saturated heterocycles. The highest BCUT2D eigenvalue weighted by Gasteiger charge is 2.54. The van der Waals surface area contributed by atoms with Crippen molar-refractivity contribution in [1.29, 1.82) is 0 Å². The number of nitrogens with one attached hydrogen (secondary N) is 13. The van der Waals surface area contributed by atoms with E-state index in [-0.39, 0.29) is 121 Å². The molecule has 5 aliphatic rings. The van der Waals surface area contributed by atoms with Crippen molar-refractivity contribution in [1.82, 2.24) is 73.8 Å². The third kappa shape index (κ3) is 35.7. The molecule has 0 spiro atoms. The lowest BCUT2D eigenvalue weighted by molar-refractivity contribution is -0.332. The Morgan fingerprint density at radius 3 is 1.80 bits per heavy atom. The average molecular weight is 2010 g/mol. The number of nitrogens with two attached hydrogens (primary N) is 7. The standard InChI is InChI=1S/C66H103N17O16S.C22H43N5O13/c1-9-35(6)52(69)66-81-48(32-100-66)63(97)76-43(26-34(4)5)59(93)74-42(22-23-50(85)86)58(92)83-53(36(7)10-2)64(98)75-40-20-15-16-25-71-55(89)46(29-49(68)84)78-62(96)47(30-51(87)88)79-61(95)45(28-39-31-70-33-72-39)77-60(94)44(27-38-18-13-12-14-19-38)80-65(99)54(37(8)11-3)82-57(91)41(21-17-24-67)73-56(40)90;23-2-1-8(29)20(36)27-7-3-6(25)18(39-22-16(34)15(33)13(31)9(4-24)37-22)17(35)19(7)40-21-14(32)11(26)12(30)10(5-28)38-21/h12-14,18-19,31,33-37,40-48,52-54H,9-11,15-17,20-30,32,67,69H2,1-8H3,(H2,68,84)(H,70,72)(H,71,89)(H,73,90)(H,74,93)(H,75,98)(H,76,97)(H,77,94)(H,78,96)(H,79,95)(H,80,99)(H,82,91)(H,83,92)(H,85,86)(H,87,88);6-19,21-22,28-35H,1-5,23-26H2,(H,27,36)/t35-,36-,37-,40+,41+,42+,43-,44+,45-,46-,47-,48-,52-,53-,54-;6-,7+,8?,9+,10+,11-,12+,13+,14+,15-,16+,17-,18?,19-,21+,22+/m00/s1. The maximum absolute atomic E-state index is 14.9. The van der Waals surface area contributed by atoms with Crippen LogP contribution < -0.4 is 104 Å². The van der Waals surface area contributed by atoms with Crippen molar-refractivity contribution in [3.63, 3.8) is 0 Å². The first-order valence-corrected chi connectivity index (χ1v) is 48.2. The van der Waals surface area contributed by atoms with Gasteiger partial charge in [0.15, 0.2) is 12.6 Å². The number of rotatable bonds is 41. The number of ether oxygens (including phenoxy) is 4. The highest BCUT2D eigenvalue weighted by molar-refractivity contribution is 8.14. The molecule has 2 unspecified atom stereocenters. The highest BCUT2D eigenvalue weighted by atomic mass is 32.2. The molecule has 7 rings (SSSR count). The van der Waals surface area contributed by atoms with Gasteiger partial charge in [0.25, 0.3) is 0 Å². The molecule has 1 aromatic heterocycles. The predicted octanol–water partition coefficient (Wildman–Crippen LogP) is -10.1. The molecule has 31 atom stereocenters. The van der Waals surface area contributed by atoms with Gasteiger partial charge in [-0.05, 0) is 100 Å². The number of H-pyrrole nitrogens is 1. The Hall–Kier alpha value is -10.2. The molecule has 1 saturated carbocycles. The third-order valence-electron chi connectivity index (χ3n) is 25.0. The van der Waals surface area contributed by atoms with Gasteiger partial charge in [0, 0.05) is 56.0 Å². The van der Waals surface area contributed by atoms with Gasteiger partial charge in [0.05, 0.1) is 48.9 Å². The number of imidazole rings is 1. The summed E-state index contributed by atoms with van der Waals surface area (Å²) in [6, 6.07) is -11.8. The second-order valence-electron chi connectivity index (χ2n) is 36.3. The number of carbonyl (C=O) groups excluding carboxylic acids is 13. The third-order valence-corrected chi connectivity index (χ3v) is 26.1. The first-order chi connectivity index (χ1) is 66.2. The Morgan fingerprint density at radius 1 is 0.607 bits per heavy atom. The van der Waals surface area contributed by atoms with E-state index in [0.717, 1.165) is 6.42 Å². The van der Waals surface area contributed by atoms with E-state index in [0.29, 0.717) is 16.3 Å². The van der Waals surface area contributed by atoms with Gasteiger partial charge in [-0.15, -0.1) is 11.8 Å². The number of aliphatic imine (C=N–C) groups is 1. The van der Waals surface area contributed by atoms with Gasteiger partial charge >= 0.3 is 11.9 Å². The highest BCUT2D eigenvalue weighted by Crippen LogP contribution is 2.34. The normalized spacial score (nSPS) is 30.0. The summed E-state index contributed by atoms with van der Waals surface area (Å²) in [5, 5.41) is 134. The van der Waals surface area contributed by atoms with E-state index in [2.05, 4.69) is 78.8 Å². The summed E-state index contributed by atoms with van der Waals surface area (Å²) in [5.74, 6) is -16.2. The van der Waals surface area contributed by atoms with Crippen molar-refractivity contribution in [2.45, 2.75) is 335 Å². The SMILES string of the molecule is CC[C@H](C)[C@H](N)C1=N[C@H](C(=O)N[C@@H](CC(C)C)C(=O)N[C@H](CCC(=O)O)C(=O)N[C@H](C(=O)N[C@@H]2CCCCNC(=O)[C@H](CC(N)=O)NC(=O)[C@H](CC(=O)O)NC(=O)[C@H](Cc3cnc[nH]3)NC(=O)[C@@H](Cc3ccccc3)NC(=O)[C@H]([C@@H](C)CC)NC(=O)[C@@H](CCCN)NC2=O)[C@@H](C)CC)CS1.NCCC(O)C(=O)N[C@@H]1C[C@H](N)C(O[C@H]2O[C@H](CN)[C@@H](O)[C@H](O)[C@H]2O)[C@H](O)[C@H]1O[C@H]1O[C@H](CO)[C@@H](O)[C@H](N)[C@H]1O. The Kier molecular flexibility index (Phi) is 49.4. The molecule has 51 nitrogen and oxygen atoms in total. The zero-order valence-electron chi connectivity index (χ0n) is 79.9. The van der Waals surface area contributed by atoms with Crippen LogP contribution in [0.5, 0.6) is 0 Å². The molecule has 2 aromatic rings. The van der Waals surface area contributed by atoms with Crippen LogP contribution in [0.3, 0.4) is 0 Å². The van der Waals surface area contributed by atoms with E-state index in [4.69, 9.17) is 59.1 Å². The van der Waals surface area contributed by atoms with Crippen LogP contribution in [-0.4, -0.2) is 364 Å². The quantitative estimate of drug-likeness (QED) is 0.0294. The molecule has 140 heavy (non-hydrogen) atoms. The van der Waals surface area contributed by atoms with Gasteiger partial charge in [0.2, 0.25) is 76.8 Å². The lowest BCUT2D eigenvalue weighted by atomic mass is 9.83. The van der Waals surface area contributed by atoms with E-state index < -0.39 is 303 Å². The average Bonchev–Trinajstić information content (AvgIpc) is 1.66. The summed E-state index contributed by atoms with van der Waals surface area (Å²) in [6.45, 7) is 13.2. The summed E-state index contributed by atoms with van der Waals surface area (Å²) in [5.41, 5.74) is 41.8. The monoisotopic (exact) mass is 2010 g/mol. The Bertz CT molecular complexity index is 4400. The summed E-state index contributed by atoms with van der Waals surface area (Å²) < 4.78 is 22.5. The minimum absolute atomic E-state index is 0.00117. The number of carboxylic acids is 2. The van der Waals surface area contributed by atoms with Crippen molar-refractivity contribution in [2.24, 2.45) is 68.8 Å². The van der Waals surface area contributed by atoms with Crippen LogP contribution in [0.15, 0.2) is 47.8 Å². The number of carboxylic acid groups (broad SMARTS) is 2. The molecule has 13 amide bonds. The largest absolute Gasteiger partial charge is 0.481 e. The number of hydrogen-bond donors (Lipinski definition) is 30. The van der Waals surface area contributed by atoms with Crippen molar-refractivity contribution < 1.29 is 142 Å². The Balaban J connectivity index is 0.000000620. The van der Waals surface area contributed by atoms with Gasteiger partial charge in [0.1, 0.15) is 134 Å². The van der Waals surface area contributed by atoms with Crippen LogP contribution in [0.25, 0.3) is 0 Å². The summed E-state index contributed by atoms with van der Waals surface area (Å²) in [4.78, 5) is 219. The Morgan fingerprint density at radius 2 is 1.21 bits per heavy atom. The van der Waals surface area contributed by atoms with Crippen LogP contribution >= 0.6 is 11.8 Å². The zero-order chi connectivity index (χ0) is 104. The Labute approximate surface area is 814 Å². The van der Waals surface area contributed by atoms with E-state index in [1.54, 1.807) is 58.0 Å². The topological polar surface area (TPSA) is 863 Å². The van der Waals surface area contributed by atoms with Crippen molar-refractivity contribution in [3.8, 4) is 0 Å². The smallest absolute Gasteiger partial charge is 0.305 e. The van der Waals surface area contributed by atoms with Crippen LogP contribution in [-0.2, 0) is 104 Å². The molecular formula is C88H146N22O29S. The first-order valence-electron chi connectivity index (χ1n) is 47.2. The lowest BCUT2D eigenvalue weighted by Crippen LogP contribution is -2.69. The second-order valence-corrected chi connectivity index (χ2v) is 37.3. The second kappa shape index (κ2) is 58.4. The van der Waals surface area contributed by atoms with Gasteiger partial charge < -0.3 is 179 Å². The molecular weight excluding hydrogens is 1860 g/mol.